The lowest BCUT2D eigenvalue weighted by atomic mass is 10.2. The standard InChI is InChI=1S/C15H15F2NO3S/c1-20-12-6-4-10(9-13(12)21-15(16)17)18-14(19)7-5-11-3-2-8-22-11/h2-4,6,8-9,15H,5,7H2,1H3,(H,18,19). The largest absolute Gasteiger partial charge is 0.493 e. The van der Waals surface area contributed by atoms with Gasteiger partial charge < -0.3 is 14.8 Å². The van der Waals surface area contributed by atoms with Crippen LogP contribution in [0.4, 0.5) is 14.5 Å². The molecule has 22 heavy (non-hydrogen) atoms. The summed E-state index contributed by atoms with van der Waals surface area (Å²) < 4.78 is 34.0. The van der Waals surface area contributed by atoms with Crippen LogP contribution in [0.5, 0.6) is 11.5 Å². The molecule has 7 heteroatoms. The Morgan fingerprint density at radius 1 is 1.32 bits per heavy atom. The lowest BCUT2D eigenvalue weighted by molar-refractivity contribution is -0.116. The number of amides is 1. The molecule has 118 valence electrons. The van der Waals surface area contributed by atoms with E-state index in [4.69, 9.17) is 4.74 Å². The summed E-state index contributed by atoms with van der Waals surface area (Å²) in [5, 5.41) is 4.60. The summed E-state index contributed by atoms with van der Waals surface area (Å²) in [4.78, 5) is 13.0. The van der Waals surface area contributed by atoms with Gasteiger partial charge in [0.2, 0.25) is 5.91 Å². The summed E-state index contributed by atoms with van der Waals surface area (Å²) in [7, 11) is 1.35. The number of carbonyl (C=O) groups is 1. The number of ether oxygens (including phenoxy) is 2. The van der Waals surface area contributed by atoms with Gasteiger partial charge in [-0.3, -0.25) is 4.79 Å². The van der Waals surface area contributed by atoms with Crippen LogP contribution in [0.25, 0.3) is 0 Å². The monoisotopic (exact) mass is 327 g/mol. The van der Waals surface area contributed by atoms with Gasteiger partial charge in [-0.25, -0.2) is 0 Å². The van der Waals surface area contributed by atoms with Crippen molar-refractivity contribution in [3.8, 4) is 11.5 Å². The van der Waals surface area contributed by atoms with Crippen LogP contribution >= 0.6 is 11.3 Å². The average Bonchev–Trinajstić information content (AvgIpc) is 2.98. The minimum Gasteiger partial charge on any atom is -0.493 e. The molecule has 0 aliphatic heterocycles. The molecule has 2 aromatic rings. The highest BCUT2D eigenvalue weighted by molar-refractivity contribution is 7.09. The highest BCUT2D eigenvalue weighted by Gasteiger charge is 2.12. The highest BCUT2D eigenvalue weighted by atomic mass is 32.1. The van der Waals surface area contributed by atoms with E-state index in [1.807, 2.05) is 17.5 Å². The molecule has 0 bridgehead atoms. The van der Waals surface area contributed by atoms with Crippen molar-refractivity contribution in [2.75, 3.05) is 12.4 Å². The van der Waals surface area contributed by atoms with Crippen LogP contribution in [0.3, 0.4) is 0 Å². The molecule has 0 unspecified atom stereocenters. The molecule has 1 heterocycles. The van der Waals surface area contributed by atoms with Gasteiger partial charge in [-0.05, 0) is 30.0 Å². The first-order valence-electron chi connectivity index (χ1n) is 6.53. The Hall–Kier alpha value is -2.15. The number of thiophene rings is 1. The molecule has 0 atom stereocenters. The maximum absolute atomic E-state index is 12.3. The Bertz CT molecular complexity index is 617. The fourth-order valence-electron chi connectivity index (χ4n) is 1.86. The number of hydrogen-bond donors (Lipinski definition) is 1. The van der Waals surface area contributed by atoms with E-state index >= 15 is 0 Å². The SMILES string of the molecule is COc1ccc(NC(=O)CCc2cccs2)cc1OC(F)F. The second kappa shape index (κ2) is 7.74. The third kappa shape index (κ3) is 4.70. The van der Waals surface area contributed by atoms with Crippen molar-refractivity contribution in [2.24, 2.45) is 0 Å². The molecule has 0 spiro atoms. The van der Waals surface area contributed by atoms with Crippen LogP contribution < -0.4 is 14.8 Å². The molecule has 1 N–H and O–H groups in total. The number of nitrogens with one attached hydrogen (secondary N) is 1. The van der Waals surface area contributed by atoms with Crippen LogP contribution in [0.15, 0.2) is 35.7 Å². The molecular formula is C15H15F2NO3S. The first-order valence-corrected chi connectivity index (χ1v) is 7.41. The first-order chi connectivity index (χ1) is 10.6. The molecule has 0 fully saturated rings. The number of anilines is 1. The van der Waals surface area contributed by atoms with Gasteiger partial charge in [0.15, 0.2) is 11.5 Å². The van der Waals surface area contributed by atoms with Gasteiger partial charge in [0.1, 0.15) is 0 Å². The number of benzene rings is 1. The van der Waals surface area contributed by atoms with Crippen molar-refractivity contribution in [1.29, 1.82) is 0 Å². The predicted octanol–water partition coefficient (Wildman–Crippen LogP) is 3.93. The molecular weight excluding hydrogens is 312 g/mol. The maximum Gasteiger partial charge on any atom is 0.387 e. The van der Waals surface area contributed by atoms with E-state index in [-0.39, 0.29) is 17.4 Å². The lowest BCUT2D eigenvalue weighted by Gasteiger charge is -2.12. The fourth-order valence-corrected chi connectivity index (χ4v) is 2.57. The van der Waals surface area contributed by atoms with Crippen LogP contribution in [0.1, 0.15) is 11.3 Å². The zero-order valence-corrected chi connectivity index (χ0v) is 12.7. The highest BCUT2D eigenvalue weighted by Crippen LogP contribution is 2.31. The molecule has 4 nitrogen and oxygen atoms in total. The number of methoxy groups -OCH3 is 1. The van der Waals surface area contributed by atoms with Gasteiger partial charge in [0.05, 0.1) is 7.11 Å². The van der Waals surface area contributed by atoms with E-state index in [1.165, 1.54) is 19.2 Å². The molecule has 0 aliphatic rings. The van der Waals surface area contributed by atoms with Crippen molar-refractivity contribution in [3.05, 3.63) is 40.6 Å². The molecule has 1 aromatic heterocycles. The first kappa shape index (κ1) is 16.2. The second-order valence-electron chi connectivity index (χ2n) is 4.37. The van der Waals surface area contributed by atoms with E-state index in [2.05, 4.69) is 10.1 Å². The normalized spacial score (nSPS) is 10.5. The van der Waals surface area contributed by atoms with Crippen LogP contribution in [-0.2, 0) is 11.2 Å². The van der Waals surface area contributed by atoms with Crippen molar-refractivity contribution < 1.29 is 23.0 Å². The van der Waals surface area contributed by atoms with Gasteiger partial charge in [-0.1, -0.05) is 6.07 Å². The Kier molecular flexibility index (Phi) is 5.71. The smallest absolute Gasteiger partial charge is 0.387 e. The maximum atomic E-state index is 12.3. The van der Waals surface area contributed by atoms with Gasteiger partial charge in [0.25, 0.3) is 0 Å². The quantitative estimate of drug-likeness (QED) is 0.838. The summed E-state index contributed by atoms with van der Waals surface area (Å²) in [5.74, 6) is -0.132. The molecule has 2 rings (SSSR count). The van der Waals surface area contributed by atoms with Crippen LogP contribution in [0.2, 0.25) is 0 Å². The van der Waals surface area contributed by atoms with E-state index in [9.17, 15) is 13.6 Å². The lowest BCUT2D eigenvalue weighted by Crippen LogP contribution is -2.12. The van der Waals surface area contributed by atoms with E-state index < -0.39 is 6.61 Å². The van der Waals surface area contributed by atoms with Gasteiger partial charge in [-0.2, -0.15) is 8.78 Å². The average molecular weight is 327 g/mol. The Balaban J connectivity index is 1.97. The Morgan fingerprint density at radius 3 is 2.77 bits per heavy atom. The van der Waals surface area contributed by atoms with Crippen LogP contribution in [0, 0.1) is 0 Å². The van der Waals surface area contributed by atoms with Crippen molar-refractivity contribution in [3.63, 3.8) is 0 Å². The van der Waals surface area contributed by atoms with Gasteiger partial charge in [0, 0.05) is 23.1 Å². The number of rotatable bonds is 7. The number of alkyl halides is 2. The minimum absolute atomic E-state index is 0.117. The Labute approximate surface area is 130 Å². The second-order valence-corrected chi connectivity index (χ2v) is 5.40. The summed E-state index contributed by atoms with van der Waals surface area (Å²) in [6.07, 6.45) is 0.956. The van der Waals surface area contributed by atoms with Crippen molar-refractivity contribution >= 4 is 22.9 Å². The number of halogens is 2. The third-order valence-corrected chi connectivity index (χ3v) is 3.78. The molecule has 1 amide bonds. The minimum atomic E-state index is -2.96. The summed E-state index contributed by atoms with van der Waals surface area (Å²) in [6, 6.07) is 8.23. The topological polar surface area (TPSA) is 47.6 Å². The predicted molar refractivity (Wildman–Crippen MR) is 80.9 cm³/mol. The summed E-state index contributed by atoms with van der Waals surface area (Å²) in [5.41, 5.74) is 0.382. The molecule has 0 radical (unpaired) electrons. The number of carbonyl (C=O) groups excluding carboxylic acids is 1. The van der Waals surface area contributed by atoms with Crippen molar-refractivity contribution in [2.45, 2.75) is 19.5 Å². The summed E-state index contributed by atoms with van der Waals surface area (Å²) >= 11 is 1.59. The van der Waals surface area contributed by atoms with Gasteiger partial charge in [-0.15, -0.1) is 11.3 Å². The fraction of sp³-hybridized carbons (Fsp3) is 0.267. The van der Waals surface area contributed by atoms with Crippen LogP contribution in [-0.4, -0.2) is 19.6 Å². The third-order valence-electron chi connectivity index (χ3n) is 2.84. The molecule has 0 saturated carbocycles. The number of aryl methyl sites for hydroxylation is 1. The van der Waals surface area contributed by atoms with E-state index in [0.29, 0.717) is 18.5 Å². The molecule has 0 aliphatic carbocycles. The Morgan fingerprint density at radius 2 is 2.14 bits per heavy atom. The van der Waals surface area contributed by atoms with E-state index in [1.54, 1.807) is 17.4 Å². The zero-order chi connectivity index (χ0) is 15.9. The van der Waals surface area contributed by atoms with Gasteiger partial charge >= 0.3 is 6.61 Å². The summed E-state index contributed by atoms with van der Waals surface area (Å²) in [6.45, 7) is -2.96. The molecule has 1 aromatic carbocycles. The molecule has 0 saturated heterocycles. The number of hydrogen-bond acceptors (Lipinski definition) is 4. The van der Waals surface area contributed by atoms with E-state index in [0.717, 1.165) is 4.88 Å². The zero-order valence-electron chi connectivity index (χ0n) is 11.8. The van der Waals surface area contributed by atoms with Crippen molar-refractivity contribution in [1.82, 2.24) is 0 Å².